The van der Waals surface area contributed by atoms with Gasteiger partial charge in [-0.05, 0) is 34.9 Å². The van der Waals surface area contributed by atoms with Crippen LogP contribution in [-0.4, -0.2) is 25.9 Å². The van der Waals surface area contributed by atoms with E-state index < -0.39 is 20.2 Å². The molecule has 0 atom stereocenters. The predicted octanol–water partition coefficient (Wildman–Crippen LogP) is -5.87. The molecule has 23 heavy (non-hydrogen) atoms. The second-order valence-corrected chi connectivity index (χ2v) is 8.25. The molecule has 0 saturated heterocycles. The topological polar surface area (TPSA) is 114 Å². The molecule has 0 heterocycles. The summed E-state index contributed by atoms with van der Waals surface area (Å²) in [5.74, 6) is 0. The van der Waals surface area contributed by atoms with E-state index in [9.17, 15) is 25.9 Å². The van der Waals surface area contributed by atoms with Crippen LogP contribution in [0.5, 0.6) is 0 Å². The summed E-state index contributed by atoms with van der Waals surface area (Å²) < 4.78 is 64.8. The van der Waals surface area contributed by atoms with Gasteiger partial charge in [-0.25, -0.2) is 16.8 Å². The predicted molar refractivity (Wildman–Crippen MR) is 76.4 cm³/mol. The van der Waals surface area contributed by atoms with Crippen LogP contribution in [0.2, 0.25) is 0 Å². The minimum atomic E-state index is -4.46. The van der Waals surface area contributed by atoms with E-state index in [0.717, 1.165) is 10.6 Å². The Kier molecular flexibility index (Phi) is 9.69. The van der Waals surface area contributed by atoms with Crippen molar-refractivity contribution >= 4 is 39.4 Å². The monoisotopic (exact) mass is 390 g/mol. The molecule has 0 radical (unpaired) electrons. The Bertz CT molecular complexity index is 776. The summed E-state index contributed by atoms with van der Waals surface area (Å²) in [6, 6.07) is 11.0. The molecule has 112 valence electrons. The van der Waals surface area contributed by atoms with Gasteiger partial charge in [-0.15, -0.1) is 0 Å². The van der Waals surface area contributed by atoms with Gasteiger partial charge in [0.15, 0.2) is 0 Å². The van der Waals surface area contributed by atoms with Crippen molar-refractivity contribution in [2.75, 3.05) is 0 Å². The zero-order valence-corrected chi connectivity index (χ0v) is 19.0. The molecule has 2 aromatic carbocycles. The molecule has 0 aliphatic heterocycles. The summed E-state index contributed by atoms with van der Waals surface area (Å²) in [6.07, 6.45) is 0. The maximum Gasteiger partial charge on any atom is 1.00 e. The standard InChI is InChI=1S/C12H11O6PS2.2Na/c13-20(14,15)11-5-1-9(2-6-11)19-10-3-7-12(8-4-10)21(16,17)18;;/h1-8,19H,(H,13,14,15)(H,16,17,18);;/q;2*+1/p-2. The molecule has 11 heteroatoms. The third-order valence-corrected chi connectivity index (χ3v) is 5.52. The molecule has 0 saturated carbocycles. The minimum Gasteiger partial charge on any atom is -0.744 e. The zero-order chi connectivity index (χ0) is 15.7. The van der Waals surface area contributed by atoms with Crippen molar-refractivity contribution in [3.8, 4) is 0 Å². The normalized spacial score (nSPS) is 11.2. The minimum absolute atomic E-state index is 0. The first kappa shape index (κ1) is 23.7. The van der Waals surface area contributed by atoms with Crippen LogP contribution in [0.25, 0.3) is 0 Å². The van der Waals surface area contributed by atoms with Crippen LogP contribution in [0.3, 0.4) is 0 Å². The smallest absolute Gasteiger partial charge is 0.744 e. The molecule has 2 rings (SSSR count). The van der Waals surface area contributed by atoms with Gasteiger partial charge in [0.05, 0.1) is 9.79 Å². The van der Waals surface area contributed by atoms with Crippen LogP contribution < -0.4 is 69.7 Å². The summed E-state index contributed by atoms with van der Waals surface area (Å²) in [7, 11) is -8.78. The molecular formula is C12H9Na2O6PS2. The van der Waals surface area contributed by atoms with E-state index in [4.69, 9.17) is 0 Å². The summed E-state index contributed by atoms with van der Waals surface area (Å²) in [5, 5.41) is 1.56. The van der Waals surface area contributed by atoms with Crippen molar-refractivity contribution in [1.29, 1.82) is 0 Å². The quantitative estimate of drug-likeness (QED) is 0.292. The maximum atomic E-state index is 10.8. The van der Waals surface area contributed by atoms with Crippen LogP contribution in [0, 0.1) is 0 Å². The largest absolute Gasteiger partial charge is 1.00 e. The Morgan fingerprint density at radius 2 is 0.870 bits per heavy atom. The van der Waals surface area contributed by atoms with E-state index in [1.807, 2.05) is 0 Å². The number of hydrogen-bond acceptors (Lipinski definition) is 6. The van der Waals surface area contributed by atoms with Gasteiger partial charge in [-0.3, -0.25) is 0 Å². The fraction of sp³-hybridized carbons (Fsp3) is 0. The van der Waals surface area contributed by atoms with E-state index in [1.165, 1.54) is 48.5 Å². The maximum absolute atomic E-state index is 10.8. The Morgan fingerprint density at radius 3 is 1.09 bits per heavy atom. The van der Waals surface area contributed by atoms with Crippen molar-refractivity contribution < 1.29 is 85.1 Å². The Balaban J connectivity index is 0.00000242. The molecule has 6 nitrogen and oxygen atoms in total. The van der Waals surface area contributed by atoms with E-state index >= 15 is 0 Å². The summed E-state index contributed by atoms with van der Waals surface area (Å²) in [5.41, 5.74) is 0. The molecular weight excluding hydrogens is 381 g/mol. The Labute approximate surface area is 180 Å². The Morgan fingerprint density at radius 1 is 0.609 bits per heavy atom. The fourth-order valence-electron chi connectivity index (χ4n) is 1.58. The molecule has 0 unspecified atom stereocenters. The molecule has 0 spiro atoms. The molecule has 0 bridgehead atoms. The van der Waals surface area contributed by atoms with Crippen molar-refractivity contribution in [2.24, 2.45) is 0 Å². The molecule has 0 aliphatic rings. The molecule has 0 aliphatic carbocycles. The van der Waals surface area contributed by atoms with Gasteiger partial charge in [0.1, 0.15) is 20.2 Å². The second kappa shape index (κ2) is 9.40. The van der Waals surface area contributed by atoms with Gasteiger partial charge in [0.25, 0.3) is 0 Å². The van der Waals surface area contributed by atoms with Crippen molar-refractivity contribution in [3.05, 3.63) is 48.5 Å². The van der Waals surface area contributed by atoms with Crippen LogP contribution in [0.4, 0.5) is 0 Å². The summed E-state index contributed by atoms with van der Waals surface area (Å²) >= 11 is 0. The molecule has 0 fully saturated rings. The first-order valence-corrected chi connectivity index (χ1v) is 9.37. The van der Waals surface area contributed by atoms with Gasteiger partial charge in [0.2, 0.25) is 0 Å². The molecule has 0 amide bonds. The van der Waals surface area contributed by atoms with Crippen LogP contribution >= 0.6 is 8.58 Å². The molecule has 0 N–H and O–H groups in total. The summed E-state index contributed by atoms with van der Waals surface area (Å²) in [6.45, 7) is 0. The average Bonchev–Trinajstić information content (AvgIpc) is 2.38. The number of hydrogen-bond donors (Lipinski definition) is 0. The average molecular weight is 390 g/mol. The Hall–Kier alpha value is 0.690. The third-order valence-electron chi connectivity index (χ3n) is 2.57. The zero-order valence-electron chi connectivity index (χ0n) is 12.4. The van der Waals surface area contributed by atoms with Gasteiger partial charge < -0.3 is 9.11 Å². The fourth-order valence-corrected chi connectivity index (χ4v) is 3.52. The van der Waals surface area contributed by atoms with Gasteiger partial charge >= 0.3 is 59.1 Å². The van der Waals surface area contributed by atoms with Gasteiger partial charge in [0, 0.05) is 0 Å². The van der Waals surface area contributed by atoms with E-state index in [2.05, 4.69) is 0 Å². The first-order chi connectivity index (χ1) is 9.66. The van der Waals surface area contributed by atoms with Gasteiger partial charge in [-0.2, -0.15) is 0 Å². The van der Waals surface area contributed by atoms with Crippen molar-refractivity contribution in [2.45, 2.75) is 9.79 Å². The van der Waals surface area contributed by atoms with E-state index in [-0.39, 0.29) is 77.5 Å². The van der Waals surface area contributed by atoms with E-state index in [1.54, 1.807) is 0 Å². The SMILES string of the molecule is O=S(=O)([O-])c1ccc(Pc2ccc(S(=O)(=O)[O-])cc2)cc1.[Na+].[Na+]. The van der Waals surface area contributed by atoms with Crippen molar-refractivity contribution in [1.82, 2.24) is 0 Å². The third kappa shape index (κ3) is 7.22. The second-order valence-electron chi connectivity index (χ2n) is 4.08. The van der Waals surface area contributed by atoms with Crippen molar-refractivity contribution in [3.63, 3.8) is 0 Å². The van der Waals surface area contributed by atoms with E-state index in [0.29, 0.717) is 0 Å². The van der Waals surface area contributed by atoms with Crippen LogP contribution in [-0.2, 0) is 20.2 Å². The first-order valence-electron chi connectivity index (χ1n) is 5.55. The molecule has 2 aromatic rings. The summed E-state index contributed by atoms with van der Waals surface area (Å²) in [4.78, 5) is -0.604. The van der Waals surface area contributed by atoms with Gasteiger partial charge in [-0.1, -0.05) is 32.8 Å². The van der Waals surface area contributed by atoms with Crippen LogP contribution in [0.1, 0.15) is 0 Å². The molecule has 0 aromatic heterocycles. The number of rotatable bonds is 4. The number of benzene rings is 2. The van der Waals surface area contributed by atoms with Crippen LogP contribution in [0.15, 0.2) is 58.3 Å².